The van der Waals surface area contributed by atoms with Crippen molar-refractivity contribution in [2.75, 3.05) is 26.0 Å². The number of carbonyl (C=O) groups excluding carboxylic acids is 1. The summed E-state index contributed by atoms with van der Waals surface area (Å²) in [6.07, 6.45) is 5.95. The van der Waals surface area contributed by atoms with Gasteiger partial charge in [-0.3, -0.25) is 14.4 Å². The molecule has 4 nitrogen and oxygen atoms in total. The van der Waals surface area contributed by atoms with Gasteiger partial charge in [-0.2, -0.15) is 0 Å². The van der Waals surface area contributed by atoms with Gasteiger partial charge in [-0.25, -0.2) is 4.39 Å². The van der Waals surface area contributed by atoms with E-state index in [1.807, 2.05) is 12.1 Å². The Morgan fingerprint density at radius 2 is 2.00 bits per heavy atom. The number of carbonyl (C=O) groups is 1. The maximum atomic E-state index is 14.6. The standard InChI is InChI=1S/C24H27BrClFN2O2S/c1-32-28-24(30)19-11-18(17-3-4-17)23(12-22(19)27)31-14-15-6-8-29(9-7-15)13-16-2-5-20(25)21(26)10-16/h2,5,10-12,15,17H,3-4,6-9,13-14H2,1H3,(H,28,30). The van der Waals surface area contributed by atoms with Crippen LogP contribution in [-0.2, 0) is 6.54 Å². The Hall–Kier alpha value is -1.28. The van der Waals surface area contributed by atoms with Gasteiger partial charge in [0.25, 0.3) is 5.91 Å². The van der Waals surface area contributed by atoms with E-state index < -0.39 is 11.7 Å². The van der Waals surface area contributed by atoms with Crippen LogP contribution in [0.3, 0.4) is 0 Å². The third kappa shape index (κ3) is 5.99. The zero-order chi connectivity index (χ0) is 22.7. The Bertz CT molecular complexity index is 981. The monoisotopic (exact) mass is 540 g/mol. The number of rotatable bonds is 8. The lowest BCUT2D eigenvalue weighted by Gasteiger charge is -2.32. The molecular formula is C24H27BrClFN2O2S. The van der Waals surface area contributed by atoms with Crippen LogP contribution in [0.15, 0.2) is 34.8 Å². The molecule has 0 unspecified atom stereocenters. The smallest absolute Gasteiger partial charge is 0.264 e. The average Bonchev–Trinajstić information content (AvgIpc) is 3.61. The Labute approximate surface area is 206 Å². The predicted molar refractivity (Wildman–Crippen MR) is 132 cm³/mol. The first-order valence-corrected chi connectivity index (χ1v) is 13.3. The van der Waals surface area contributed by atoms with E-state index in [1.54, 1.807) is 12.3 Å². The molecule has 2 fully saturated rings. The number of halogens is 3. The second kappa shape index (κ2) is 10.8. The molecule has 2 aromatic rings. The molecule has 32 heavy (non-hydrogen) atoms. The van der Waals surface area contributed by atoms with Crippen LogP contribution in [0.2, 0.25) is 5.02 Å². The van der Waals surface area contributed by atoms with Crippen molar-refractivity contribution in [3.63, 3.8) is 0 Å². The minimum Gasteiger partial charge on any atom is -0.493 e. The van der Waals surface area contributed by atoms with Gasteiger partial charge in [0.2, 0.25) is 0 Å². The zero-order valence-corrected chi connectivity index (χ0v) is 21.2. The normalized spacial score (nSPS) is 17.4. The molecule has 1 heterocycles. The highest BCUT2D eigenvalue weighted by Gasteiger charge is 2.30. The summed E-state index contributed by atoms with van der Waals surface area (Å²) in [6, 6.07) is 9.18. The molecule has 8 heteroatoms. The fourth-order valence-electron chi connectivity index (χ4n) is 4.15. The fraction of sp³-hybridized carbons (Fsp3) is 0.458. The lowest BCUT2D eigenvalue weighted by Crippen LogP contribution is -2.35. The first-order valence-electron chi connectivity index (χ1n) is 10.9. The van der Waals surface area contributed by atoms with Crippen LogP contribution in [0.1, 0.15) is 53.1 Å². The molecule has 1 N–H and O–H groups in total. The summed E-state index contributed by atoms with van der Waals surface area (Å²) in [5.41, 5.74) is 2.26. The van der Waals surface area contributed by atoms with Gasteiger partial charge in [0.15, 0.2) is 0 Å². The molecule has 0 atom stereocenters. The van der Waals surface area contributed by atoms with E-state index >= 15 is 0 Å². The van der Waals surface area contributed by atoms with Crippen molar-refractivity contribution in [3.8, 4) is 5.75 Å². The summed E-state index contributed by atoms with van der Waals surface area (Å²) >= 11 is 10.8. The third-order valence-electron chi connectivity index (χ3n) is 6.13. The number of piperidine rings is 1. The second-order valence-corrected chi connectivity index (χ2v) is 10.4. The Morgan fingerprint density at radius 3 is 2.66 bits per heavy atom. The number of ether oxygens (including phenoxy) is 1. The number of nitrogens with one attached hydrogen (secondary N) is 1. The van der Waals surface area contributed by atoms with Gasteiger partial charge < -0.3 is 4.74 Å². The van der Waals surface area contributed by atoms with E-state index in [2.05, 4.69) is 31.6 Å². The molecule has 1 amide bonds. The van der Waals surface area contributed by atoms with Gasteiger partial charge in [0.1, 0.15) is 11.6 Å². The van der Waals surface area contributed by atoms with Crippen LogP contribution in [0.4, 0.5) is 4.39 Å². The highest BCUT2D eigenvalue weighted by molar-refractivity contribution is 9.10. The van der Waals surface area contributed by atoms with Crippen LogP contribution in [0.5, 0.6) is 5.75 Å². The molecule has 0 radical (unpaired) electrons. The van der Waals surface area contributed by atoms with Crippen molar-refractivity contribution in [1.29, 1.82) is 0 Å². The quantitative estimate of drug-likeness (QED) is 0.392. The van der Waals surface area contributed by atoms with Gasteiger partial charge in [-0.05, 0) is 95.9 Å². The van der Waals surface area contributed by atoms with Crippen molar-refractivity contribution in [2.45, 2.75) is 38.1 Å². The number of likely N-dealkylation sites (tertiary alicyclic amines) is 1. The number of nitrogens with zero attached hydrogens (tertiary/aromatic N) is 1. The van der Waals surface area contributed by atoms with Crippen LogP contribution in [-0.4, -0.2) is 36.8 Å². The number of amides is 1. The van der Waals surface area contributed by atoms with Crippen molar-refractivity contribution >= 4 is 45.4 Å². The van der Waals surface area contributed by atoms with Gasteiger partial charge in [-0.15, -0.1) is 0 Å². The third-order valence-corrected chi connectivity index (χ3v) is 7.75. The Morgan fingerprint density at radius 1 is 1.25 bits per heavy atom. The van der Waals surface area contributed by atoms with E-state index in [1.165, 1.54) is 23.6 Å². The Balaban J connectivity index is 1.33. The van der Waals surface area contributed by atoms with Gasteiger partial charge in [-0.1, -0.05) is 29.6 Å². The molecule has 172 valence electrons. The molecule has 1 aliphatic heterocycles. The summed E-state index contributed by atoms with van der Waals surface area (Å²) in [4.78, 5) is 14.6. The van der Waals surface area contributed by atoms with Gasteiger partial charge >= 0.3 is 0 Å². The van der Waals surface area contributed by atoms with E-state index in [9.17, 15) is 9.18 Å². The summed E-state index contributed by atoms with van der Waals surface area (Å²) in [6.45, 7) is 3.46. The first kappa shape index (κ1) is 23.9. The van der Waals surface area contributed by atoms with Crippen molar-refractivity contribution in [3.05, 3.63) is 62.3 Å². The number of hydrogen-bond acceptors (Lipinski definition) is 4. The van der Waals surface area contributed by atoms with Gasteiger partial charge in [0.05, 0.1) is 17.2 Å². The number of benzene rings is 2. The topological polar surface area (TPSA) is 41.6 Å². The maximum absolute atomic E-state index is 14.6. The van der Waals surface area contributed by atoms with Crippen molar-refractivity contribution < 1.29 is 13.9 Å². The molecule has 2 aliphatic rings. The summed E-state index contributed by atoms with van der Waals surface area (Å²) < 4.78 is 24.2. The van der Waals surface area contributed by atoms with Crippen LogP contribution in [0.25, 0.3) is 0 Å². The molecular weight excluding hydrogens is 515 g/mol. The van der Waals surface area contributed by atoms with Crippen molar-refractivity contribution in [1.82, 2.24) is 9.62 Å². The van der Waals surface area contributed by atoms with Gasteiger partial charge in [0, 0.05) is 23.3 Å². The van der Waals surface area contributed by atoms with Crippen LogP contribution < -0.4 is 9.46 Å². The highest BCUT2D eigenvalue weighted by Crippen LogP contribution is 2.45. The van der Waals surface area contributed by atoms with Crippen molar-refractivity contribution in [2.24, 2.45) is 5.92 Å². The predicted octanol–water partition coefficient (Wildman–Crippen LogP) is 6.42. The molecule has 1 saturated heterocycles. The first-order chi connectivity index (χ1) is 15.4. The van der Waals surface area contributed by atoms with E-state index in [0.29, 0.717) is 24.2 Å². The SMILES string of the molecule is CSNC(=O)c1cc(C2CC2)c(OCC2CCN(Cc3ccc(Br)c(Cl)c3)CC2)cc1F. The Kier molecular flexibility index (Phi) is 8.03. The fourth-order valence-corrected chi connectivity index (χ4v) is 4.89. The minimum atomic E-state index is -0.529. The summed E-state index contributed by atoms with van der Waals surface area (Å²) in [5, 5.41) is 0.737. The van der Waals surface area contributed by atoms with E-state index in [-0.39, 0.29) is 5.56 Å². The average molecular weight is 542 g/mol. The highest BCUT2D eigenvalue weighted by atomic mass is 79.9. The maximum Gasteiger partial charge on any atom is 0.264 e. The lowest BCUT2D eigenvalue weighted by atomic mass is 9.97. The van der Waals surface area contributed by atoms with Crippen LogP contribution >= 0.6 is 39.5 Å². The summed E-state index contributed by atoms with van der Waals surface area (Å²) in [7, 11) is 0. The molecule has 2 aromatic carbocycles. The lowest BCUT2D eigenvalue weighted by molar-refractivity contribution is 0.0980. The largest absolute Gasteiger partial charge is 0.493 e. The summed E-state index contributed by atoms with van der Waals surface area (Å²) in [5.74, 6) is 0.472. The molecule has 0 bridgehead atoms. The second-order valence-electron chi connectivity index (χ2n) is 8.56. The zero-order valence-electron chi connectivity index (χ0n) is 18.0. The van der Waals surface area contributed by atoms with E-state index in [4.69, 9.17) is 16.3 Å². The molecule has 1 aliphatic carbocycles. The molecule has 1 saturated carbocycles. The minimum absolute atomic E-state index is 0.0925. The molecule has 0 aromatic heterocycles. The van der Waals surface area contributed by atoms with E-state index in [0.717, 1.165) is 60.4 Å². The number of hydrogen-bond donors (Lipinski definition) is 1. The molecule has 0 spiro atoms. The molecule has 4 rings (SSSR count). The van der Waals surface area contributed by atoms with Crippen LogP contribution in [0, 0.1) is 11.7 Å².